The summed E-state index contributed by atoms with van der Waals surface area (Å²) in [4.78, 5) is 16.7. The molecule has 0 aromatic heterocycles. The summed E-state index contributed by atoms with van der Waals surface area (Å²) in [5, 5.41) is 6.88. The first-order valence-corrected chi connectivity index (χ1v) is 10.5. The van der Waals surface area contributed by atoms with Crippen LogP contribution in [0.1, 0.15) is 27.9 Å². The van der Waals surface area contributed by atoms with Crippen LogP contribution >= 0.6 is 21.0 Å². The molecule has 6 heteroatoms. The summed E-state index contributed by atoms with van der Waals surface area (Å²) in [7, 11) is 0. The number of nitrogens with zero attached hydrogens (tertiary/aromatic N) is 1. The largest absolute Gasteiger partial charge is 0.336 e. The molecule has 0 unspecified atom stereocenters. The second-order valence-corrected chi connectivity index (χ2v) is 8.14. The Labute approximate surface area is 157 Å². The summed E-state index contributed by atoms with van der Waals surface area (Å²) >= 11 is -0.530. The van der Waals surface area contributed by atoms with E-state index in [0.29, 0.717) is 6.54 Å². The normalized spacial score (nSPS) is 15.1. The Balaban J connectivity index is 1.36. The molecule has 0 aliphatic carbocycles. The maximum atomic E-state index is 12.0. The molecule has 3 N–H and O–H groups in total. The van der Waals surface area contributed by atoms with Crippen LogP contribution in [-0.2, 0) is 6.42 Å². The summed E-state index contributed by atoms with van der Waals surface area (Å²) in [5.74, 6) is 0.947. The number of carbonyl (C=O) groups is 1. The molecule has 0 bridgehead atoms. The zero-order valence-electron chi connectivity index (χ0n) is 13.7. The molecular weight excluding hydrogens is 427 g/mol. The standard InChI is InChI=1S/C19H19IN4O/c25-19-14-9-4-10-15-17(14)18(20-24-19)23-16(22-15)12-21-11-5-8-13-6-2-1-3-7-13/h1-4,6-7,9-10,21H,5,8,11-12H2,(H,22,23)(H,24,25). The number of halogens is 1. The van der Waals surface area contributed by atoms with Gasteiger partial charge in [-0.25, -0.2) is 4.99 Å². The van der Waals surface area contributed by atoms with E-state index in [4.69, 9.17) is 0 Å². The van der Waals surface area contributed by atoms with Crippen molar-refractivity contribution in [2.24, 2.45) is 4.99 Å². The monoisotopic (exact) mass is 446 g/mol. The van der Waals surface area contributed by atoms with Crippen molar-refractivity contribution in [2.45, 2.75) is 12.8 Å². The smallest absolute Gasteiger partial charge is 0.260 e. The SMILES string of the molecule is O=C1NI=C2NC(CNCCCc3ccccc3)=Nc3cccc1c32. The van der Waals surface area contributed by atoms with E-state index in [2.05, 4.69) is 43.4 Å². The van der Waals surface area contributed by atoms with Crippen LogP contribution in [0.2, 0.25) is 0 Å². The van der Waals surface area contributed by atoms with Crippen LogP contribution in [0.5, 0.6) is 0 Å². The van der Waals surface area contributed by atoms with Gasteiger partial charge in [0.25, 0.3) is 5.91 Å². The van der Waals surface area contributed by atoms with Gasteiger partial charge in [0.15, 0.2) is 0 Å². The van der Waals surface area contributed by atoms with E-state index in [0.717, 1.165) is 45.7 Å². The van der Waals surface area contributed by atoms with Gasteiger partial charge in [0, 0.05) is 26.6 Å². The Morgan fingerprint density at radius 3 is 2.84 bits per heavy atom. The molecule has 1 amide bonds. The third-order valence-corrected chi connectivity index (χ3v) is 6.31. The summed E-state index contributed by atoms with van der Waals surface area (Å²) in [5.41, 5.74) is 4.00. The van der Waals surface area contributed by atoms with Crippen LogP contribution in [0.15, 0.2) is 53.5 Å². The van der Waals surface area contributed by atoms with Gasteiger partial charge in [0.05, 0.1) is 21.4 Å². The van der Waals surface area contributed by atoms with E-state index in [1.54, 1.807) is 0 Å². The highest BCUT2D eigenvalue weighted by atomic mass is 127. The van der Waals surface area contributed by atoms with Gasteiger partial charge in [0.2, 0.25) is 0 Å². The van der Waals surface area contributed by atoms with Gasteiger partial charge in [-0.15, -0.1) is 0 Å². The number of carbonyl (C=O) groups excluding carboxylic acids is 1. The number of hydrogen-bond donors (Lipinski definition) is 3. The highest BCUT2D eigenvalue weighted by molar-refractivity contribution is 14.2. The van der Waals surface area contributed by atoms with E-state index in [9.17, 15) is 4.79 Å². The number of aryl methyl sites for hydroxylation is 1. The van der Waals surface area contributed by atoms with Gasteiger partial charge in [0.1, 0.15) is 5.84 Å². The average Bonchev–Trinajstić information content (AvgIpc) is 2.65. The van der Waals surface area contributed by atoms with E-state index >= 15 is 0 Å². The summed E-state index contributed by atoms with van der Waals surface area (Å²) in [6.07, 6.45) is 2.17. The van der Waals surface area contributed by atoms with E-state index in [1.807, 2.05) is 24.3 Å². The third-order valence-electron chi connectivity index (χ3n) is 4.20. The molecule has 0 saturated carbocycles. The number of benzene rings is 2. The Morgan fingerprint density at radius 1 is 1.08 bits per heavy atom. The summed E-state index contributed by atoms with van der Waals surface area (Å²) in [6.45, 7) is 1.66. The second-order valence-electron chi connectivity index (χ2n) is 5.98. The first kappa shape index (κ1) is 16.4. The van der Waals surface area contributed by atoms with E-state index in [-0.39, 0.29) is 5.91 Å². The Bertz CT molecular complexity index is 861. The molecule has 2 aromatic carbocycles. The molecule has 0 fully saturated rings. The van der Waals surface area contributed by atoms with Crippen molar-refractivity contribution in [3.63, 3.8) is 0 Å². The maximum Gasteiger partial charge on any atom is 0.260 e. The van der Waals surface area contributed by atoms with Crippen LogP contribution in [-0.4, -0.2) is 28.5 Å². The predicted octanol–water partition coefficient (Wildman–Crippen LogP) is 2.65. The molecule has 0 radical (unpaired) electrons. The Hall–Kier alpha value is -2.06. The molecule has 4 rings (SSSR count). The first-order valence-electron chi connectivity index (χ1n) is 8.35. The van der Waals surface area contributed by atoms with E-state index in [1.165, 1.54) is 5.56 Å². The zero-order valence-corrected chi connectivity index (χ0v) is 15.8. The lowest BCUT2D eigenvalue weighted by atomic mass is 10.0. The topological polar surface area (TPSA) is 65.5 Å². The molecule has 0 spiro atoms. The number of amidine groups is 1. The van der Waals surface area contributed by atoms with Crippen molar-refractivity contribution in [3.8, 4) is 0 Å². The molecule has 2 aliphatic heterocycles. The molecule has 2 aliphatic rings. The van der Waals surface area contributed by atoms with Crippen LogP contribution in [0.4, 0.5) is 5.69 Å². The molecule has 25 heavy (non-hydrogen) atoms. The quantitative estimate of drug-likeness (QED) is 0.363. The fourth-order valence-corrected chi connectivity index (χ4v) is 5.07. The second kappa shape index (κ2) is 7.45. The number of hydrogen-bond acceptors (Lipinski definition) is 4. The predicted molar refractivity (Wildman–Crippen MR) is 110 cm³/mol. The molecule has 2 aromatic rings. The Morgan fingerprint density at radius 2 is 1.96 bits per heavy atom. The van der Waals surface area contributed by atoms with Gasteiger partial charge < -0.3 is 10.6 Å². The van der Waals surface area contributed by atoms with E-state index < -0.39 is 21.0 Å². The fourth-order valence-electron chi connectivity index (χ4n) is 2.98. The lowest BCUT2D eigenvalue weighted by Gasteiger charge is -2.25. The number of aliphatic imine (C=N–C) groups is 1. The number of rotatable bonds is 6. The first-order chi connectivity index (χ1) is 12.3. The fraction of sp³-hybridized carbons (Fsp3) is 0.211. The molecule has 5 nitrogen and oxygen atoms in total. The zero-order chi connectivity index (χ0) is 17.1. The minimum absolute atomic E-state index is 0.0212. The minimum Gasteiger partial charge on any atom is -0.336 e. The number of amides is 1. The highest BCUT2D eigenvalue weighted by Crippen LogP contribution is 2.30. The van der Waals surface area contributed by atoms with Crippen LogP contribution in [0, 0.1) is 0 Å². The minimum atomic E-state index is -0.530. The molecular formula is C19H19IN4O. The van der Waals surface area contributed by atoms with Crippen LogP contribution < -0.4 is 14.2 Å². The van der Waals surface area contributed by atoms with Crippen LogP contribution in [0.3, 0.4) is 0 Å². The number of nitrogens with one attached hydrogen (secondary N) is 3. The molecule has 0 saturated heterocycles. The molecule has 0 atom stereocenters. The van der Waals surface area contributed by atoms with Crippen molar-refractivity contribution < 1.29 is 4.79 Å². The lowest BCUT2D eigenvalue weighted by molar-refractivity contribution is 0.0989. The average molecular weight is 446 g/mol. The highest BCUT2D eigenvalue weighted by Gasteiger charge is 2.26. The van der Waals surface area contributed by atoms with Crippen molar-refractivity contribution in [2.75, 3.05) is 13.1 Å². The molecule has 2 heterocycles. The third kappa shape index (κ3) is 3.64. The van der Waals surface area contributed by atoms with Crippen molar-refractivity contribution in [3.05, 3.63) is 65.2 Å². The van der Waals surface area contributed by atoms with Gasteiger partial charge in [-0.2, -0.15) is 0 Å². The van der Waals surface area contributed by atoms with Crippen LogP contribution in [0.25, 0.3) is 0 Å². The summed E-state index contributed by atoms with van der Waals surface area (Å²) in [6, 6.07) is 16.3. The lowest BCUT2D eigenvalue weighted by Crippen LogP contribution is -2.42. The van der Waals surface area contributed by atoms with Gasteiger partial charge in [-0.1, -0.05) is 36.4 Å². The van der Waals surface area contributed by atoms with Crippen molar-refractivity contribution in [1.82, 2.24) is 14.2 Å². The van der Waals surface area contributed by atoms with Crippen molar-refractivity contribution >= 4 is 42.1 Å². The molecule has 128 valence electrons. The maximum absolute atomic E-state index is 12.0. The van der Waals surface area contributed by atoms with Gasteiger partial charge in [-0.05, 0) is 37.1 Å². The van der Waals surface area contributed by atoms with Gasteiger partial charge in [-0.3, -0.25) is 8.32 Å². The summed E-state index contributed by atoms with van der Waals surface area (Å²) < 4.78 is 4.15. The van der Waals surface area contributed by atoms with Crippen molar-refractivity contribution in [1.29, 1.82) is 0 Å². The van der Waals surface area contributed by atoms with Gasteiger partial charge >= 0.3 is 0 Å². The Kier molecular flexibility index (Phi) is 4.89.